The standard InChI is InChI=1S/C11H10ClIN2/c1-6-4-3-5-8(10(6)13)11-9(12)7(2)14-15-11/h3-5H,1-2H3,(H,14,15). The second-order valence-corrected chi connectivity index (χ2v) is 4.90. The van der Waals surface area contributed by atoms with Gasteiger partial charge in [-0.05, 0) is 42.0 Å². The molecule has 2 nitrogen and oxygen atoms in total. The van der Waals surface area contributed by atoms with Crippen LogP contribution in [0.5, 0.6) is 0 Å². The van der Waals surface area contributed by atoms with Gasteiger partial charge in [0, 0.05) is 9.13 Å². The van der Waals surface area contributed by atoms with Crippen LogP contribution in [-0.2, 0) is 0 Å². The van der Waals surface area contributed by atoms with E-state index >= 15 is 0 Å². The molecule has 2 aromatic rings. The zero-order valence-electron chi connectivity index (χ0n) is 8.44. The smallest absolute Gasteiger partial charge is 0.112 e. The van der Waals surface area contributed by atoms with Crippen LogP contribution < -0.4 is 0 Å². The minimum atomic E-state index is 0.707. The van der Waals surface area contributed by atoms with Gasteiger partial charge in [-0.1, -0.05) is 29.8 Å². The van der Waals surface area contributed by atoms with Gasteiger partial charge in [0.15, 0.2) is 0 Å². The molecular weight excluding hydrogens is 322 g/mol. The number of benzene rings is 1. The largest absolute Gasteiger partial charge is 0.281 e. The first-order valence-electron chi connectivity index (χ1n) is 4.57. The van der Waals surface area contributed by atoms with Crippen molar-refractivity contribution < 1.29 is 0 Å². The Morgan fingerprint density at radius 3 is 2.67 bits per heavy atom. The molecule has 1 aromatic carbocycles. The van der Waals surface area contributed by atoms with E-state index in [2.05, 4.69) is 45.8 Å². The SMILES string of the molecule is Cc1cccc(-c2n[nH]c(C)c2Cl)c1I. The highest BCUT2D eigenvalue weighted by Crippen LogP contribution is 2.32. The molecule has 0 unspecified atom stereocenters. The molecule has 78 valence electrons. The van der Waals surface area contributed by atoms with Crippen molar-refractivity contribution in [2.24, 2.45) is 0 Å². The zero-order valence-corrected chi connectivity index (χ0v) is 11.3. The predicted molar refractivity (Wildman–Crippen MR) is 71.2 cm³/mol. The molecular formula is C11H10ClIN2. The summed E-state index contributed by atoms with van der Waals surface area (Å²) < 4.78 is 1.20. The van der Waals surface area contributed by atoms with Crippen LogP contribution in [0.4, 0.5) is 0 Å². The maximum absolute atomic E-state index is 6.17. The molecule has 0 fully saturated rings. The van der Waals surface area contributed by atoms with E-state index in [1.807, 2.05) is 19.1 Å². The lowest BCUT2D eigenvalue weighted by molar-refractivity contribution is 1.05. The van der Waals surface area contributed by atoms with Gasteiger partial charge in [-0.25, -0.2) is 0 Å². The lowest BCUT2D eigenvalue weighted by Gasteiger charge is -2.04. The number of H-pyrrole nitrogens is 1. The van der Waals surface area contributed by atoms with E-state index in [0.717, 1.165) is 17.0 Å². The maximum Gasteiger partial charge on any atom is 0.112 e. The summed E-state index contributed by atoms with van der Waals surface area (Å²) in [4.78, 5) is 0. The van der Waals surface area contributed by atoms with Gasteiger partial charge in [0.05, 0.1) is 10.7 Å². The Bertz CT molecular complexity index is 505. The van der Waals surface area contributed by atoms with E-state index in [4.69, 9.17) is 11.6 Å². The van der Waals surface area contributed by atoms with Crippen LogP contribution in [0.25, 0.3) is 11.3 Å². The number of hydrogen-bond donors (Lipinski definition) is 1. The lowest BCUT2D eigenvalue weighted by Crippen LogP contribution is -1.87. The van der Waals surface area contributed by atoms with Crippen LogP contribution in [0.1, 0.15) is 11.3 Å². The number of rotatable bonds is 1. The van der Waals surface area contributed by atoms with Crippen molar-refractivity contribution in [2.45, 2.75) is 13.8 Å². The summed E-state index contributed by atoms with van der Waals surface area (Å²) in [5.41, 5.74) is 4.07. The van der Waals surface area contributed by atoms with Crippen LogP contribution in [0.15, 0.2) is 18.2 Å². The molecule has 0 bridgehead atoms. The van der Waals surface area contributed by atoms with Crippen molar-refractivity contribution in [2.75, 3.05) is 0 Å². The Kier molecular flexibility index (Phi) is 3.02. The minimum absolute atomic E-state index is 0.707. The second kappa shape index (κ2) is 4.14. The van der Waals surface area contributed by atoms with Crippen molar-refractivity contribution in [1.82, 2.24) is 10.2 Å². The van der Waals surface area contributed by atoms with E-state index < -0.39 is 0 Å². The van der Waals surface area contributed by atoms with Crippen molar-refractivity contribution in [3.63, 3.8) is 0 Å². The number of hydrogen-bond acceptors (Lipinski definition) is 1. The maximum atomic E-state index is 6.17. The molecule has 0 aliphatic heterocycles. The van der Waals surface area contributed by atoms with Crippen molar-refractivity contribution >= 4 is 34.2 Å². The number of aromatic nitrogens is 2. The van der Waals surface area contributed by atoms with Gasteiger partial charge in [0.25, 0.3) is 0 Å². The Balaban J connectivity index is 2.64. The third-order valence-corrected chi connectivity index (χ3v) is 4.21. The first-order chi connectivity index (χ1) is 7.11. The van der Waals surface area contributed by atoms with E-state index in [-0.39, 0.29) is 0 Å². The molecule has 2 rings (SSSR count). The second-order valence-electron chi connectivity index (χ2n) is 3.45. The number of nitrogens with zero attached hydrogens (tertiary/aromatic N) is 1. The summed E-state index contributed by atoms with van der Waals surface area (Å²) in [6.45, 7) is 4.00. The first-order valence-corrected chi connectivity index (χ1v) is 6.03. The lowest BCUT2D eigenvalue weighted by atomic mass is 10.1. The van der Waals surface area contributed by atoms with Crippen LogP contribution in [0, 0.1) is 17.4 Å². The van der Waals surface area contributed by atoms with Gasteiger partial charge in [0.1, 0.15) is 5.69 Å². The Hall–Kier alpha value is -0.550. The fourth-order valence-electron chi connectivity index (χ4n) is 1.42. The summed E-state index contributed by atoms with van der Waals surface area (Å²) in [7, 11) is 0. The van der Waals surface area contributed by atoms with E-state index in [1.54, 1.807) is 0 Å². The Morgan fingerprint density at radius 2 is 2.07 bits per heavy atom. The molecule has 1 heterocycles. The summed E-state index contributed by atoms with van der Waals surface area (Å²) >= 11 is 8.49. The van der Waals surface area contributed by atoms with E-state index in [9.17, 15) is 0 Å². The molecule has 15 heavy (non-hydrogen) atoms. The van der Waals surface area contributed by atoms with Crippen LogP contribution in [0.2, 0.25) is 5.02 Å². The molecule has 0 amide bonds. The summed E-state index contributed by atoms with van der Waals surface area (Å²) in [6.07, 6.45) is 0. The predicted octanol–water partition coefficient (Wildman–Crippen LogP) is 3.95. The van der Waals surface area contributed by atoms with Gasteiger partial charge in [-0.2, -0.15) is 5.10 Å². The number of aromatic amines is 1. The molecule has 0 aliphatic rings. The highest BCUT2D eigenvalue weighted by atomic mass is 127. The number of aryl methyl sites for hydroxylation is 2. The summed E-state index contributed by atoms with van der Waals surface area (Å²) in [5.74, 6) is 0. The molecule has 4 heteroatoms. The average molecular weight is 333 g/mol. The Labute approximate surface area is 107 Å². The van der Waals surface area contributed by atoms with Crippen molar-refractivity contribution in [3.8, 4) is 11.3 Å². The molecule has 0 saturated carbocycles. The molecule has 0 aliphatic carbocycles. The van der Waals surface area contributed by atoms with Gasteiger partial charge in [-0.3, -0.25) is 5.10 Å². The Morgan fingerprint density at radius 1 is 1.33 bits per heavy atom. The van der Waals surface area contributed by atoms with Gasteiger partial charge in [0.2, 0.25) is 0 Å². The molecule has 1 N–H and O–H groups in total. The summed E-state index contributed by atoms with van der Waals surface area (Å²) in [5, 5.41) is 7.83. The summed E-state index contributed by atoms with van der Waals surface area (Å²) in [6, 6.07) is 6.14. The van der Waals surface area contributed by atoms with Crippen LogP contribution in [0.3, 0.4) is 0 Å². The molecule has 0 saturated heterocycles. The zero-order chi connectivity index (χ0) is 11.0. The quantitative estimate of drug-likeness (QED) is 0.787. The molecule has 0 radical (unpaired) electrons. The van der Waals surface area contributed by atoms with Crippen LogP contribution in [-0.4, -0.2) is 10.2 Å². The number of halogens is 2. The first kappa shape index (κ1) is 11.0. The van der Waals surface area contributed by atoms with Gasteiger partial charge >= 0.3 is 0 Å². The topological polar surface area (TPSA) is 28.7 Å². The third-order valence-electron chi connectivity index (χ3n) is 2.32. The van der Waals surface area contributed by atoms with Crippen molar-refractivity contribution in [3.05, 3.63) is 38.0 Å². The normalized spacial score (nSPS) is 10.7. The van der Waals surface area contributed by atoms with Crippen molar-refractivity contribution in [1.29, 1.82) is 0 Å². The highest BCUT2D eigenvalue weighted by molar-refractivity contribution is 14.1. The molecule has 0 spiro atoms. The van der Waals surface area contributed by atoms with E-state index in [0.29, 0.717) is 5.02 Å². The van der Waals surface area contributed by atoms with E-state index in [1.165, 1.54) is 9.13 Å². The molecule has 1 aromatic heterocycles. The minimum Gasteiger partial charge on any atom is -0.281 e. The highest BCUT2D eigenvalue weighted by Gasteiger charge is 2.13. The van der Waals surface area contributed by atoms with Gasteiger partial charge < -0.3 is 0 Å². The fraction of sp³-hybridized carbons (Fsp3) is 0.182. The van der Waals surface area contributed by atoms with Crippen LogP contribution >= 0.6 is 34.2 Å². The average Bonchev–Trinajstić information content (AvgIpc) is 2.53. The fourth-order valence-corrected chi connectivity index (χ4v) is 2.23. The number of nitrogens with one attached hydrogen (secondary N) is 1. The van der Waals surface area contributed by atoms with Gasteiger partial charge in [-0.15, -0.1) is 0 Å². The monoisotopic (exact) mass is 332 g/mol. The molecule has 0 atom stereocenters. The third kappa shape index (κ3) is 1.90.